The number of hydrogen-bond donors (Lipinski definition) is 0. The maximum atomic E-state index is 13.5. The normalized spacial score (nSPS) is 13.5. The maximum absolute atomic E-state index is 13.5. The molecule has 1 aliphatic heterocycles. The number of nitrogens with zero attached hydrogens (tertiary/aromatic N) is 3. The lowest BCUT2D eigenvalue weighted by atomic mass is 10.2. The first kappa shape index (κ1) is 34.6. The molecule has 0 bridgehead atoms. The molecule has 1 fully saturated rings. The van der Waals surface area contributed by atoms with E-state index in [-0.39, 0.29) is 19.8 Å². The van der Waals surface area contributed by atoms with Crippen LogP contribution < -0.4 is 0 Å². The quantitative estimate of drug-likeness (QED) is 0.0945. The molecule has 0 aromatic heterocycles. The summed E-state index contributed by atoms with van der Waals surface area (Å²) in [5.74, 6) is -0.763. The Labute approximate surface area is 268 Å². The van der Waals surface area contributed by atoms with Crippen LogP contribution in [0.3, 0.4) is 0 Å². The molecule has 0 radical (unpaired) electrons. The molecule has 0 saturated carbocycles. The smallest absolute Gasteiger partial charge is 0.459 e. The third-order valence-corrected chi connectivity index (χ3v) is 8.10. The highest BCUT2D eigenvalue weighted by Crippen LogP contribution is 2.51. The Hall–Kier alpha value is -4.26. The number of piperazine rings is 1. The van der Waals surface area contributed by atoms with Crippen molar-refractivity contribution < 1.29 is 46.7 Å². The average molecular weight is 656 g/mol. The third-order valence-electron chi connectivity index (χ3n) is 6.78. The first-order valence-corrected chi connectivity index (χ1v) is 16.1. The van der Waals surface area contributed by atoms with Gasteiger partial charge in [-0.15, -0.1) is 0 Å². The standard InChI is InChI=1S/C32H38N3O10P/c1-33-17-19-34(20-18-33)31(37)41-25-35(21-30(36)40-22-27-11-5-2-6-12-27)32(38)42-26-45-46(39,43-23-28-13-7-3-8-14-28)44-24-29-15-9-4-10-16-29/h2-16H,17-26H2,1H3. The largest absolute Gasteiger partial charge is 0.478 e. The van der Waals surface area contributed by atoms with Gasteiger partial charge in [0.25, 0.3) is 0 Å². The molecule has 3 aromatic carbocycles. The highest BCUT2D eigenvalue weighted by molar-refractivity contribution is 7.48. The van der Waals surface area contributed by atoms with E-state index >= 15 is 0 Å². The van der Waals surface area contributed by atoms with Crippen molar-refractivity contribution in [2.24, 2.45) is 0 Å². The zero-order valence-corrected chi connectivity index (χ0v) is 26.5. The molecule has 4 rings (SSSR count). The van der Waals surface area contributed by atoms with Crippen molar-refractivity contribution in [1.29, 1.82) is 0 Å². The summed E-state index contributed by atoms with van der Waals surface area (Å²) in [7, 11) is -2.30. The molecule has 14 heteroatoms. The van der Waals surface area contributed by atoms with Crippen LogP contribution in [0.25, 0.3) is 0 Å². The second kappa shape index (κ2) is 18.0. The minimum absolute atomic E-state index is 0.0204. The van der Waals surface area contributed by atoms with E-state index in [1.54, 1.807) is 72.8 Å². The van der Waals surface area contributed by atoms with Crippen molar-refractivity contribution in [3.63, 3.8) is 0 Å². The number of hydrogen-bond acceptors (Lipinski definition) is 11. The first-order chi connectivity index (χ1) is 22.3. The topological polar surface area (TPSA) is 133 Å². The highest BCUT2D eigenvalue weighted by atomic mass is 31.2. The SMILES string of the molecule is CN1CCN(C(=O)OCN(CC(=O)OCc2ccccc2)C(=O)OCOP(=O)(OCc2ccccc2)OCc2ccccc2)CC1. The number of phosphoric acid groups is 1. The van der Waals surface area contributed by atoms with E-state index in [2.05, 4.69) is 4.90 Å². The Bertz CT molecular complexity index is 1380. The number of esters is 1. The molecule has 246 valence electrons. The molecular weight excluding hydrogens is 617 g/mol. The Morgan fingerprint density at radius 2 is 1.17 bits per heavy atom. The van der Waals surface area contributed by atoms with Gasteiger partial charge in [0.15, 0.2) is 6.73 Å². The van der Waals surface area contributed by atoms with Gasteiger partial charge in [-0.2, -0.15) is 0 Å². The molecule has 2 amide bonds. The highest BCUT2D eigenvalue weighted by Gasteiger charge is 2.30. The molecule has 1 aliphatic rings. The zero-order valence-electron chi connectivity index (χ0n) is 25.6. The number of phosphoric ester groups is 1. The van der Waals surface area contributed by atoms with Gasteiger partial charge in [0.05, 0.1) is 13.2 Å². The van der Waals surface area contributed by atoms with Crippen LogP contribution >= 0.6 is 7.82 Å². The minimum Gasteiger partial charge on any atom is -0.459 e. The van der Waals surface area contributed by atoms with E-state index in [0.717, 1.165) is 10.5 Å². The van der Waals surface area contributed by atoms with Crippen LogP contribution in [0.4, 0.5) is 9.59 Å². The number of likely N-dealkylation sites (N-methyl/N-ethyl adjacent to an activating group) is 1. The van der Waals surface area contributed by atoms with Gasteiger partial charge in [-0.05, 0) is 23.7 Å². The van der Waals surface area contributed by atoms with Crippen LogP contribution in [-0.4, -0.2) is 86.2 Å². The van der Waals surface area contributed by atoms with Gasteiger partial charge in [-0.1, -0.05) is 91.0 Å². The van der Waals surface area contributed by atoms with Gasteiger partial charge in [-0.25, -0.2) is 18.7 Å². The summed E-state index contributed by atoms with van der Waals surface area (Å²) >= 11 is 0. The van der Waals surface area contributed by atoms with E-state index in [9.17, 15) is 18.9 Å². The Morgan fingerprint density at radius 3 is 1.70 bits per heavy atom. The Balaban J connectivity index is 1.35. The molecule has 1 heterocycles. The number of carbonyl (C=O) groups is 3. The van der Waals surface area contributed by atoms with Crippen molar-refractivity contribution in [3.05, 3.63) is 108 Å². The van der Waals surface area contributed by atoms with Gasteiger partial charge in [-0.3, -0.25) is 18.7 Å². The average Bonchev–Trinajstić information content (AvgIpc) is 3.09. The van der Waals surface area contributed by atoms with Crippen LogP contribution in [-0.2, 0) is 57.0 Å². The van der Waals surface area contributed by atoms with E-state index in [4.69, 9.17) is 27.8 Å². The van der Waals surface area contributed by atoms with Crippen molar-refractivity contribution in [3.8, 4) is 0 Å². The summed E-state index contributed by atoms with van der Waals surface area (Å²) in [6, 6.07) is 27.0. The molecule has 0 spiro atoms. The van der Waals surface area contributed by atoms with E-state index in [1.807, 2.05) is 25.2 Å². The fraction of sp³-hybridized carbons (Fsp3) is 0.344. The van der Waals surface area contributed by atoms with Gasteiger partial charge in [0.2, 0.25) is 6.79 Å². The first-order valence-electron chi connectivity index (χ1n) is 14.6. The van der Waals surface area contributed by atoms with E-state index < -0.39 is 46.0 Å². The van der Waals surface area contributed by atoms with Crippen molar-refractivity contribution in [1.82, 2.24) is 14.7 Å². The lowest BCUT2D eigenvalue weighted by Crippen LogP contribution is -2.48. The number of carbonyl (C=O) groups excluding carboxylic acids is 3. The third kappa shape index (κ3) is 11.9. The van der Waals surface area contributed by atoms with Crippen molar-refractivity contribution in [2.75, 3.05) is 53.3 Å². The number of benzene rings is 3. The van der Waals surface area contributed by atoms with E-state index in [1.165, 1.54) is 4.90 Å². The maximum Gasteiger partial charge on any atom is 0.478 e. The van der Waals surface area contributed by atoms with Gasteiger partial charge < -0.3 is 24.0 Å². The summed E-state index contributed by atoms with van der Waals surface area (Å²) in [5.41, 5.74) is 2.18. The molecule has 0 atom stereocenters. The molecule has 13 nitrogen and oxygen atoms in total. The summed E-state index contributed by atoms with van der Waals surface area (Å²) in [4.78, 5) is 42.8. The minimum atomic E-state index is -4.25. The molecule has 3 aromatic rings. The van der Waals surface area contributed by atoms with Gasteiger partial charge in [0, 0.05) is 26.2 Å². The zero-order chi connectivity index (χ0) is 32.6. The molecule has 46 heavy (non-hydrogen) atoms. The lowest BCUT2D eigenvalue weighted by molar-refractivity contribution is -0.147. The van der Waals surface area contributed by atoms with Gasteiger partial charge >= 0.3 is 26.0 Å². The number of amides is 2. The molecule has 0 N–H and O–H groups in total. The fourth-order valence-corrected chi connectivity index (χ4v) is 5.14. The summed E-state index contributed by atoms with van der Waals surface area (Å²) in [6.45, 7) is -0.000988. The lowest BCUT2D eigenvalue weighted by Gasteiger charge is -2.32. The second-order valence-electron chi connectivity index (χ2n) is 10.3. The predicted octanol–water partition coefficient (Wildman–Crippen LogP) is 5.03. The number of ether oxygens (including phenoxy) is 3. The monoisotopic (exact) mass is 655 g/mol. The Kier molecular flexibility index (Phi) is 13.6. The van der Waals surface area contributed by atoms with Crippen LogP contribution in [0, 0.1) is 0 Å². The molecular formula is C32H38N3O10P. The fourth-order valence-electron chi connectivity index (χ4n) is 4.12. The number of rotatable bonds is 15. The van der Waals surface area contributed by atoms with Crippen LogP contribution in [0.15, 0.2) is 91.0 Å². The summed E-state index contributed by atoms with van der Waals surface area (Å²) in [5, 5.41) is 0. The van der Waals surface area contributed by atoms with Crippen LogP contribution in [0.2, 0.25) is 0 Å². The van der Waals surface area contributed by atoms with Crippen molar-refractivity contribution >= 4 is 26.0 Å². The van der Waals surface area contributed by atoms with Crippen molar-refractivity contribution in [2.45, 2.75) is 19.8 Å². The Morgan fingerprint density at radius 1 is 0.674 bits per heavy atom. The van der Waals surface area contributed by atoms with Crippen LogP contribution in [0.5, 0.6) is 0 Å². The van der Waals surface area contributed by atoms with Gasteiger partial charge in [0.1, 0.15) is 13.2 Å². The van der Waals surface area contributed by atoms with E-state index in [0.29, 0.717) is 37.3 Å². The molecule has 1 saturated heterocycles. The molecule has 0 aliphatic carbocycles. The molecule has 0 unspecified atom stereocenters. The second-order valence-corrected chi connectivity index (χ2v) is 12.0. The summed E-state index contributed by atoms with van der Waals surface area (Å²) in [6.07, 6.45) is -1.73. The summed E-state index contributed by atoms with van der Waals surface area (Å²) < 4.78 is 45.7. The predicted molar refractivity (Wildman–Crippen MR) is 166 cm³/mol. The van der Waals surface area contributed by atoms with Crippen LogP contribution in [0.1, 0.15) is 16.7 Å².